The Balaban J connectivity index is 1.96. The third kappa shape index (κ3) is 3.09. The number of nitrogens with zero attached hydrogens (tertiary/aromatic N) is 1. The summed E-state index contributed by atoms with van der Waals surface area (Å²) in [7, 11) is 0. The molecule has 0 fully saturated rings. The molecule has 0 atom stereocenters. The van der Waals surface area contributed by atoms with Gasteiger partial charge in [0.2, 0.25) is 0 Å². The van der Waals surface area contributed by atoms with Gasteiger partial charge in [0.25, 0.3) is 0 Å². The second-order valence-electron chi connectivity index (χ2n) is 2.81. The zero-order valence-corrected chi connectivity index (χ0v) is 9.94. The average molecular weight is 260 g/mol. The van der Waals surface area contributed by atoms with Crippen LogP contribution in [0.1, 0.15) is 4.88 Å². The summed E-state index contributed by atoms with van der Waals surface area (Å²) in [6, 6.07) is 7.27. The first kappa shape index (κ1) is 10.7. The lowest BCUT2D eigenvalue weighted by atomic mass is 10.4. The molecule has 2 aromatic rings. The lowest BCUT2D eigenvalue weighted by molar-refractivity contribution is 0.308. The van der Waals surface area contributed by atoms with E-state index in [1.54, 1.807) is 18.3 Å². The fourth-order valence-electron chi connectivity index (χ4n) is 1.03. The molecule has 2 nitrogen and oxygen atoms in total. The Bertz CT molecular complexity index is 441. The third-order valence-electron chi connectivity index (χ3n) is 1.71. The maximum absolute atomic E-state index is 5.80. The Morgan fingerprint density at radius 1 is 1.20 bits per heavy atom. The van der Waals surface area contributed by atoms with Crippen LogP contribution >= 0.6 is 34.5 Å². The van der Waals surface area contributed by atoms with Gasteiger partial charge < -0.3 is 4.74 Å². The Morgan fingerprint density at radius 2 is 2.07 bits per heavy atom. The van der Waals surface area contributed by atoms with E-state index in [4.69, 9.17) is 27.9 Å². The summed E-state index contributed by atoms with van der Waals surface area (Å²) in [4.78, 5) is 4.99. The quantitative estimate of drug-likeness (QED) is 0.777. The molecule has 0 aromatic carbocycles. The van der Waals surface area contributed by atoms with Crippen LogP contribution in [0, 0.1) is 0 Å². The number of aromatic nitrogens is 1. The van der Waals surface area contributed by atoms with E-state index in [0.717, 1.165) is 9.21 Å². The van der Waals surface area contributed by atoms with Crippen LogP contribution in [0.5, 0.6) is 5.75 Å². The van der Waals surface area contributed by atoms with Crippen molar-refractivity contribution in [1.82, 2.24) is 4.98 Å². The van der Waals surface area contributed by atoms with E-state index in [1.165, 1.54) is 11.3 Å². The van der Waals surface area contributed by atoms with Gasteiger partial charge >= 0.3 is 0 Å². The lowest BCUT2D eigenvalue weighted by Gasteiger charge is -2.03. The first-order valence-corrected chi connectivity index (χ1v) is 5.80. The second kappa shape index (κ2) is 4.84. The molecular weight excluding hydrogens is 253 g/mol. The van der Waals surface area contributed by atoms with Gasteiger partial charge in [-0.25, -0.2) is 4.98 Å². The molecule has 2 rings (SSSR count). The summed E-state index contributed by atoms with van der Waals surface area (Å²) in [5, 5.41) is 0.460. The van der Waals surface area contributed by atoms with Crippen molar-refractivity contribution in [2.45, 2.75) is 6.61 Å². The van der Waals surface area contributed by atoms with Gasteiger partial charge in [-0.05, 0) is 24.3 Å². The zero-order chi connectivity index (χ0) is 10.7. The van der Waals surface area contributed by atoms with E-state index in [2.05, 4.69) is 4.98 Å². The minimum absolute atomic E-state index is 0.460. The van der Waals surface area contributed by atoms with Crippen LogP contribution < -0.4 is 4.74 Å². The van der Waals surface area contributed by atoms with Gasteiger partial charge in [-0.3, -0.25) is 0 Å². The highest BCUT2D eigenvalue weighted by Crippen LogP contribution is 2.23. The fourth-order valence-corrected chi connectivity index (χ4v) is 2.14. The highest BCUT2D eigenvalue weighted by Gasteiger charge is 1.99. The van der Waals surface area contributed by atoms with Gasteiger partial charge in [0, 0.05) is 4.88 Å². The summed E-state index contributed by atoms with van der Waals surface area (Å²) in [6.07, 6.45) is 1.59. The van der Waals surface area contributed by atoms with Gasteiger partial charge in [0.1, 0.15) is 17.5 Å². The number of rotatable bonds is 3. The summed E-state index contributed by atoms with van der Waals surface area (Å²) in [5.41, 5.74) is 0. The molecule has 0 aliphatic carbocycles. The Labute approximate surface area is 101 Å². The fraction of sp³-hybridized carbons (Fsp3) is 0.100. The van der Waals surface area contributed by atoms with Crippen molar-refractivity contribution in [3.05, 3.63) is 44.8 Å². The first-order valence-electron chi connectivity index (χ1n) is 4.22. The van der Waals surface area contributed by atoms with Crippen molar-refractivity contribution >= 4 is 34.5 Å². The molecule has 2 aromatic heterocycles. The number of thiophene rings is 1. The van der Waals surface area contributed by atoms with Gasteiger partial charge in [-0.2, -0.15) is 0 Å². The molecule has 0 radical (unpaired) electrons. The summed E-state index contributed by atoms with van der Waals surface area (Å²) < 4.78 is 6.26. The molecule has 0 saturated carbocycles. The van der Waals surface area contributed by atoms with E-state index in [1.807, 2.05) is 12.1 Å². The topological polar surface area (TPSA) is 22.1 Å². The molecule has 0 aliphatic heterocycles. The van der Waals surface area contributed by atoms with E-state index >= 15 is 0 Å². The molecule has 0 unspecified atom stereocenters. The Hall–Kier alpha value is -0.770. The van der Waals surface area contributed by atoms with Crippen molar-refractivity contribution in [3.63, 3.8) is 0 Å². The number of pyridine rings is 1. The highest BCUT2D eigenvalue weighted by molar-refractivity contribution is 7.16. The normalized spacial score (nSPS) is 10.3. The number of halogens is 2. The van der Waals surface area contributed by atoms with Gasteiger partial charge in [-0.15, -0.1) is 11.3 Å². The minimum atomic E-state index is 0.460. The molecule has 5 heteroatoms. The van der Waals surface area contributed by atoms with Gasteiger partial charge in [-0.1, -0.05) is 23.2 Å². The van der Waals surface area contributed by atoms with Crippen LogP contribution in [0.4, 0.5) is 0 Å². The van der Waals surface area contributed by atoms with Gasteiger partial charge in [0.15, 0.2) is 0 Å². The molecule has 78 valence electrons. The molecule has 0 amide bonds. The maximum atomic E-state index is 5.80. The molecule has 0 N–H and O–H groups in total. The molecule has 0 spiro atoms. The van der Waals surface area contributed by atoms with E-state index in [0.29, 0.717) is 17.5 Å². The standard InChI is InChI=1S/C10H7Cl2NOS/c11-9-3-1-7(5-13-9)14-6-8-2-4-10(12)15-8/h1-5H,6H2. The van der Waals surface area contributed by atoms with Gasteiger partial charge in [0.05, 0.1) is 10.5 Å². The first-order chi connectivity index (χ1) is 7.24. The predicted molar refractivity (Wildman–Crippen MR) is 62.9 cm³/mol. The number of hydrogen-bond donors (Lipinski definition) is 0. The SMILES string of the molecule is Clc1ccc(OCc2ccc(Cl)s2)cn1. The van der Waals surface area contributed by atoms with Crippen LogP contribution in [0.15, 0.2) is 30.5 Å². The van der Waals surface area contributed by atoms with E-state index in [9.17, 15) is 0 Å². The van der Waals surface area contributed by atoms with Crippen LogP contribution in [-0.4, -0.2) is 4.98 Å². The molecule has 0 aliphatic rings. The summed E-state index contributed by atoms with van der Waals surface area (Å²) in [5.74, 6) is 0.698. The molecule has 15 heavy (non-hydrogen) atoms. The maximum Gasteiger partial charge on any atom is 0.138 e. The second-order valence-corrected chi connectivity index (χ2v) is 5.00. The smallest absolute Gasteiger partial charge is 0.138 e. The molecule has 0 bridgehead atoms. The van der Waals surface area contributed by atoms with Crippen LogP contribution in [0.3, 0.4) is 0 Å². The lowest BCUT2D eigenvalue weighted by Crippen LogP contribution is -1.92. The molecule has 2 heterocycles. The Kier molecular flexibility index (Phi) is 3.46. The van der Waals surface area contributed by atoms with Crippen LogP contribution in [-0.2, 0) is 6.61 Å². The van der Waals surface area contributed by atoms with Crippen molar-refractivity contribution in [3.8, 4) is 5.75 Å². The third-order valence-corrected chi connectivity index (χ3v) is 3.14. The number of ether oxygens (including phenoxy) is 1. The predicted octanol–water partition coefficient (Wildman–Crippen LogP) is 4.03. The van der Waals surface area contributed by atoms with Crippen molar-refractivity contribution in [2.24, 2.45) is 0 Å². The Morgan fingerprint density at radius 3 is 2.67 bits per heavy atom. The van der Waals surface area contributed by atoms with Crippen molar-refractivity contribution in [1.29, 1.82) is 0 Å². The highest BCUT2D eigenvalue weighted by atomic mass is 35.5. The summed E-state index contributed by atoms with van der Waals surface area (Å²) >= 11 is 13.0. The molecular formula is C10H7Cl2NOS. The van der Waals surface area contributed by atoms with Crippen molar-refractivity contribution in [2.75, 3.05) is 0 Å². The van der Waals surface area contributed by atoms with E-state index in [-0.39, 0.29) is 0 Å². The minimum Gasteiger partial charge on any atom is -0.486 e. The zero-order valence-electron chi connectivity index (χ0n) is 7.61. The van der Waals surface area contributed by atoms with Crippen LogP contribution in [0.2, 0.25) is 9.49 Å². The average Bonchev–Trinajstić information content (AvgIpc) is 2.64. The van der Waals surface area contributed by atoms with Crippen LogP contribution in [0.25, 0.3) is 0 Å². The number of hydrogen-bond acceptors (Lipinski definition) is 3. The summed E-state index contributed by atoms with van der Waals surface area (Å²) in [6.45, 7) is 0.501. The monoisotopic (exact) mass is 259 g/mol. The van der Waals surface area contributed by atoms with E-state index < -0.39 is 0 Å². The molecule has 0 saturated heterocycles. The largest absolute Gasteiger partial charge is 0.486 e. The van der Waals surface area contributed by atoms with Crippen molar-refractivity contribution < 1.29 is 4.74 Å².